The number of nitrogens with zero attached hydrogens (tertiary/aromatic N) is 1. The van der Waals surface area contributed by atoms with Gasteiger partial charge in [-0.05, 0) is 25.0 Å². The van der Waals surface area contributed by atoms with Gasteiger partial charge in [-0.2, -0.15) is 0 Å². The lowest BCUT2D eigenvalue weighted by Gasteiger charge is -2.23. The molecule has 0 saturated carbocycles. The maximum Gasteiger partial charge on any atom is 0.325 e. The van der Waals surface area contributed by atoms with Gasteiger partial charge in [0.1, 0.15) is 5.54 Å². The van der Waals surface area contributed by atoms with Crippen molar-refractivity contribution in [1.82, 2.24) is 10.2 Å². The number of imide groups is 1. The number of amides is 3. The van der Waals surface area contributed by atoms with Crippen molar-refractivity contribution < 1.29 is 14.7 Å². The van der Waals surface area contributed by atoms with Crippen molar-refractivity contribution in [3.05, 3.63) is 71.3 Å². The highest BCUT2D eigenvalue weighted by Gasteiger charge is 2.49. The minimum absolute atomic E-state index is 0.0733. The van der Waals surface area contributed by atoms with Crippen LogP contribution >= 0.6 is 0 Å². The van der Waals surface area contributed by atoms with Crippen molar-refractivity contribution in [2.45, 2.75) is 25.5 Å². The highest BCUT2D eigenvalue weighted by atomic mass is 16.3. The first-order valence-electron chi connectivity index (χ1n) is 7.86. The van der Waals surface area contributed by atoms with Crippen molar-refractivity contribution in [3.8, 4) is 0 Å². The number of carbonyl (C=O) groups is 2. The second-order valence-corrected chi connectivity index (χ2v) is 6.26. The molecule has 2 N–H and O–H groups in total. The molecule has 0 spiro atoms. The first-order chi connectivity index (χ1) is 11.4. The fourth-order valence-electron chi connectivity index (χ4n) is 2.90. The Labute approximate surface area is 140 Å². The molecule has 24 heavy (non-hydrogen) atoms. The Kier molecular flexibility index (Phi) is 4.11. The van der Waals surface area contributed by atoms with E-state index < -0.39 is 17.7 Å². The van der Waals surface area contributed by atoms with Crippen LogP contribution in [0, 0.1) is 6.92 Å². The van der Waals surface area contributed by atoms with Crippen molar-refractivity contribution >= 4 is 11.9 Å². The van der Waals surface area contributed by atoms with Gasteiger partial charge in [-0.3, -0.25) is 9.69 Å². The van der Waals surface area contributed by atoms with Crippen molar-refractivity contribution in [3.63, 3.8) is 0 Å². The molecule has 1 heterocycles. The summed E-state index contributed by atoms with van der Waals surface area (Å²) in [5.74, 6) is -0.355. The summed E-state index contributed by atoms with van der Waals surface area (Å²) in [7, 11) is 0. The monoisotopic (exact) mass is 324 g/mol. The van der Waals surface area contributed by atoms with Gasteiger partial charge in [-0.1, -0.05) is 60.2 Å². The lowest BCUT2D eigenvalue weighted by Crippen LogP contribution is -2.41. The molecular weight excluding hydrogens is 304 g/mol. The van der Waals surface area contributed by atoms with Gasteiger partial charge in [0, 0.05) is 0 Å². The average molecular weight is 324 g/mol. The standard InChI is InChI=1S/C19H20N2O3/c1-13-8-10-15(11-9-13)19(2)17(23)21(18(24)20-19)12-16(22)14-6-4-3-5-7-14/h3-11,16,22H,12H2,1-2H3,(H,20,24)/t16-,19+/m1/s1. The predicted molar refractivity (Wildman–Crippen MR) is 90.2 cm³/mol. The smallest absolute Gasteiger partial charge is 0.325 e. The normalized spacial score (nSPS) is 21.7. The van der Waals surface area contributed by atoms with E-state index in [1.54, 1.807) is 31.2 Å². The van der Waals surface area contributed by atoms with Gasteiger partial charge in [0.15, 0.2) is 0 Å². The van der Waals surface area contributed by atoms with Crippen LogP contribution in [0.25, 0.3) is 0 Å². The zero-order valence-corrected chi connectivity index (χ0v) is 13.7. The summed E-state index contributed by atoms with van der Waals surface area (Å²) in [5.41, 5.74) is 1.36. The van der Waals surface area contributed by atoms with Crippen LogP contribution in [0.5, 0.6) is 0 Å². The summed E-state index contributed by atoms with van der Waals surface area (Å²) in [6, 6.07) is 16.0. The number of aryl methyl sites for hydroxylation is 1. The second-order valence-electron chi connectivity index (χ2n) is 6.26. The number of β-amino-alcohol motifs (C(OH)–C–C–N with tert-alkyl or cyclic N) is 1. The third-order valence-electron chi connectivity index (χ3n) is 4.44. The summed E-state index contributed by atoms with van der Waals surface area (Å²) < 4.78 is 0. The fraction of sp³-hybridized carbons (Fsp3) is 0.263. The van der Waals surface area contributed by atoms with Crippen molar-refractivity contribution in [2.24, 2.45) is 0 Å². The maximum atomic E-state index is 12.8. The molecule has 0 aromatic heterocycles. The number of nitrogens with one attached hydrogen (secondary N) is 1. The molecule has 1 aliphatic heterocycles. The summed E-state index contributed by atoms with van der Waals surface area (Å²) in [6.07, 6.45) is -0.915. The number of hydrogen-bond donors (Lipinski definition) is 2. The molecule has 1 saturated heterocycles. The van der Waals surface area contributed by atoms with Crippen molar-refractivity contribution in [2.75, 3.05) is 6.54 Å². The van der Waals surface area contributed by atoms with Gasteiger partial charge in [-0.25, -0.2) is 4.79 Å². The topological polar surface area (TPSA) is 69.6 Å². The summed E-state index contributed by atoms with van der Waals surface area (Å²) >= 11 is 0. The van der Waals surface area contributed by atoms with Crippen LogP contribution in [0.3, 0.4) is 0 Å². The van der Waals surface area contributed by atoms with Crippen LogP contribution in [-0.4, -0.2) is 28.5 Å². The van der Waals surface area contributed by atoms with Gasteiger partial charge in [0.25, 0.3) is 5.91 Å². The highest BCUT2D eigenvalue weighted by molar-refractivity contribution is 6.07. The largest absolute Gasteiger partial charge is 0.387 e. The van der Waals surface area contributed by atoms with Gasteiger partial charge >= 0.3 is 6.03 Å². The minimum atomic E-state index is -1.11. The number of benzene rings is 2. The van der Waals surface area contributed by atoms with E-state index >= 15 is 0 Å². The number of hydrogen-bond acceptors (Lipinski definition) is 3. The van der Waals surface area contributed by atoms with Gasteiger partial charge < -0.3 is 10.4 Å². The van der Waals surface area contributed by atoms with Gasteiger partial charge in [0.05, 0.1) is 12.6 Å². The maximum absolute atomic E-state index is 12.8. The predicted octanol–water partition coefficient (Wildman–Crippen LogP) is 2.50. The van der Waals surface area contributed by atoms with Crippen LogP contribution in [0.1, 0.15) is 29.7 Å². The molecule has 2 aromatic carbocycles. The lowest BCUT2D eigenvalue weighted by molar-refractivity contribution is -0.132. The van der Waals surface area contributed by atoms with Crippen LogP contribution in [0.15, 0.2) is 54.6 Å². The third kappa shape index (κ3) is 2.78. The van der Waals surface area contributed by atoms with E-state index in [2.05, 4.69) is 5.32 Å². The molecule has 1 fully saturated rings. The number of rotatable bonds is 4. The van der Waals surface area contributed by atoms with Crippen LogP contribution in [0.2, 0.25) is 0 Å². The molecule has 124 valence electrons. The second kappa shape index (κ2) is 6.09. The summed E-state index contributed by atoms with van der Waals surface area (Å²) in [6.45, 7) is 3.58. The average Bonchev–Trinajstić information content (AvgIpc) is 2.80. The molecule has 2 atom stereocenters. The SMILES string of the molecule is Cc1ccc([C@]2(C)NC(=O)N(C[C@@H](O)c3ccccc3)C2=O)cc1. The zero-order chi connectivity index (χ0) is 17.3. The summed E-state index contributed by atoms with van der Waals surface area (Å²) in [4.78, 5) is 26.2. The highest BCUT2D eigenvalue weighted by Crippen LogP contribution is 2.30. The molecular formula is C19H20N2O3. The Morgan fingerprint density at radius 1 is 1.08 bits per heavy atom. The lowest BCUT2D eigenvalue weighted by atomic mass is 9.91. The quantitative estimate of drug-likeness (QED) is 0.849. The number of aliphatic hydroxyl groups is 1. The Morgan fingerprint density at radius 3 is 2.33 bits per heavy atom. The molecule has 5 heteroatoms. The van der Waals surface area contributed by atoms with Gasteiger partial charge in [-0.15, -0.1) is 0 Å². The fourth-order valence-corrected chi connectivity index (χ4v) is 2.90. The van der Waals surface area contributed by atoms with Crippen LogP contribution < -0.4 is 5.32 Å². The molecule has 3 rings (SSSR count). The third-order valence-corrected chi connectivity index (χ3v) is 4.44. The van der Waals surface area contributed by atoms with E-state index in [1.165, 1.54) is 0 Å². The van der Waals surface area contributed by atoms with Crippen LogP contribution in [0.4, 0.5) is 4.79 Å². The molecule has 0 bridgehead atoms. The number of aliphatic hydroxyl groups excluding tert-OH is 1. The Bertz CT molecular complexity index is 758. The number of carbonyl (C=O) groups excluding carboxylic acids is 2. The Balaban J connectivity index is 1.82. The van der Waals surface area contributed by atoms with E-state index in [1.807, 2.05) is 37.3 Å². The van der Waals surface area contributed by atoms with E-state index in [4.69, 9.17) is 0 Å². The van der Waals surface area contributed by atoms with E-state index in [0.29, 0.717) is 5.56 Å². The minimum Gasteiger partial charge on any atom is -0.387 e. The van der Waals surface area contributed by atoms with Crippen LogP contribution in [-0.2, 0) is 10.3 Å². The van der Waals surface area contributed by atoms with Crippen molar-refractivity contribution in [1.29, 1.82) is 0 Å². The van der Waals surface area contributed by atoms with Gasteiger partial charge in [0.2, 0.25) is 0 Å². The Hall–Kier alpha value is -2.66. The molecule has 1 aliphatic rings. The van der Waals surface area contributed by atoms with E-state index in [-0.39, 0.29) is 12.5 Å². The number of urea groups is 1. The summed E-state index contributed by atoms with van der Waals surface area (Å²) in [5, 5.41) is 13.1. The van der Waals surface area contributed by atoms with E-state index in [0.717, 1.165) is 16.0 Å². The first kappa shape index (κ1) is 16.2. The molecule has 3 amide bonds. The molecule has 0 unspecified atom stereocenters. The first-order valence-corrected chi connectivity index (χ1v) is 7.86. The van der Waals surface area contributed by atoms with E-state index in [9.17, 15) is 14.7 Å². The molecule has 2 aromatic rings. The molecule has 0 radical (unpaired) electrons. The zero-order valence-electron chi connectivity index (χ0n) is 13.7. The Morgan fingerprint density at radius 2 is 1.71 bits per heavy atom. The molecule has 5 nitrogen and oxygen atoms in total. The molecule has 0 aliphatic carbocycles.